The van der Waals surface area contributed by atoms with Crippen LogP contribution in [0.2, 0.25) is 5.02 Å². The highest BCUT2D eigenvalue weighted by Crippen LogP contribution is 2.37. The molecule has 1 heterocycles. The van der Waals surface area contributed by atoms with Crippen LogP contribution in [0.3, 0.4) is 0 Å². The van der Waals surface area contributed by atoms with E-state index in [9.17, 15) is 4.79 Å². The second kappa shape index (κ2) is 2.86. The molecule has 2 rings (SSSR count). The third-order valence-electron chi connectivity index (χ3n) is 2.07. The first-order valence-corrected chi connectivity index (χ1v) is 5.23. The first-order valence-electron chi connectivity index (χ1n) is 3.98. The molecule has 0 atom stereocenters. The van der Waals surface area contributed by atoms with Crippen molar-refractivity contribution < 1.29 is 4.79 Å². The summed E-state index contributed by atoms with van der Waals surface area (Å²) < 4.78 is 0. The van der Waals surface area contributed by atoms with Gasteiger partial charge in [0, 0.05) is 5.92 Å². The molecule has 0 radical (unpaired) electrons. The fourth-order valence-electron chi connectivity index (χ4n) is 1.13. The van der Waals surface area contributed by atoms with Gasteiger partial charge in [-0.3, -0.25) is 4.79 Å². The van der Waals surface area contributed by atoms with E-state index in [1.807, 2.05) is 12.3 Å². The monoisotopic (exact) mass is 200 g/mol. The van der Waals surface area contributed by atoms with Gasteiger partial charge in [-0.1, -0.05) is 11.6 Å². The van der Waals surface area contributed by atoms with Gasteiger partial charge in [-0.15, -0.1) is 11.3 Å². The van der Waals surface area contributed by atoms with Crippen molar-refractivity contribution in [2.24, 2.45) is 5.92 Å². The molecule has 0 spiro atoms. The molecule has 0 aromatic carbocycles. The average molecular weight is 201 g/mol. The molecule has 0 unspecified atom stereocenters. The van der Waals surface area contributed by atoms with E-state index in [1.54, 1.807) is 0 Å². The zero-order chi connectivity index (χ0) is 8.72. The Morgan fingerprint density at radius 2 is 2.33 bits per heavy atom. The van der Waals surface area contributed by atoms with Gasteiger partial charge in [0.1, 0.15) is 0 Å². The third kappa shape index (κ3) is 1.29. The van der Waals surface area contributed by atoms with Crippen LogP contribution >= 0.6 is 22.9 Å². The van der Waals surface area contributed by atoms with E-state index in [1.165, 1.54) is 11.3 Å². The van der Waals surface area contributed by atoms with E-state index < -0.39 is 0 Å². The Balaban J connectivity index is 2.32. The number of thiophene rings is 1. The van der Waals surface area contributed by atoms with E-state index in [2.05, 4.69) is 0 Å². The Bertz CT molecular complexity index is 325. The standard InChI is InChI=1S/C9H9ClOS/c1-5-4-12-9(7(5)10)8(11)6-2-3-6/h4,6H,2-3H2,1H3. The van der Waals surface area contributed by atoms with Gasteiger partial charge in [-0.2, -0.15) is 0 Å². The number of ketones is 1. The van der Waals surface area contributed by atoms with E-state index >= 15 is 0 Å². The van der Waals surface area contributed by atoms with Crippen LogP contribution in [-0.4, -0.2) is 5.78 Å². The number of hydrogen-bond donors (Lipinski definition) is 0. The Kier molecular flexibility index (Phi) is 1.97. The summed E-state index contributed by atoms with van der Waals surface area (Å²) in [6, 6.07) is 0. The van der Waals surface area contributed by atoms with Crippen molar-refractivity contribution in [2.45, 2.75) is 19.8 Å². The Morgan fingerprint density at radius 3 is 2.75 bits per heavy atom. The van der Waals surface area contributed by atoms with Crippen molar-refractivity contribution in [3.8, 4) is 0 Å². The summed E-state index contributed by atoms with van der Waals surface area (Å²) in [4.78, 5) is 12.3. The first kappa shape index (κ1) is 8.27. The largest absolute Gasteiger partial charge is 0.293 e. The van der Waals surface area contributed by atoms with Crippen LogP contribution in [0.15, 0.2) is 5.38 Å². The molecule has 12 heavy (non-hydrogen) atoms. The third-order valence-corrected chi connectivity index (χ3v) is 3.78. The topological polar surface area (TPSA) is 17.1 Å². The van der Waals surface area contributed by atoms with Gasteiger partial charge in [0.15, 0.2) is 5.78 Å². The van der Waals surface area contributed by atoms with Crippen LogP contribution in [0.1, 0.15) is 28.1 Å². The average Bonchev–Trinajstić information content (AvgIpc) is 2.82. The summed E-state index contributed by atoms with van der Waals surface area (Å²) in [6.45, 7) is 1.93. The predicted molar refractivity (Wildman–Crippen MR) is 51.1 cm³/mol. The van der Waals surface area contributed by atoms with Crippen molar-refractivity contribution in [3.05, 3.63) is 20.8 Å². The second-order valence-corrected chi connectivity index (χ2v) is 4.46. The molecule has 1 aliphatic carbocycles. The van der Waals surface area contributed by atoms with Gasteiger partial charge in [0.2, 0.25) is 0 Å². The molecule has 1 nitrogen and oxygen atoms in total. The quantitative estimate of drug-likeness (QED) is 0.670. The van der Waals surface area contributed by atoms with Gasteiger partial charge >= 0.3 is 0 Å². The highest BCUT2D eigenvalue weighted by molar-refractivity contribution is 7.13. The minimum Gasteiger partial charge on any atom is -0.293 e. The Labute approximate surface area is 80.4 Å². The number of rotatable bonds is 2. The fraction of sp³-hybridized carbons (Fsp3) is 0.444. The number of carbonyl (C=O) groups excluding carboxylic acids is 1. The van der Waals surface area contributed by atoms with Crippen LogP contribution in [0.25, 0.3) is 0 Å². The summed E-state index contributed by atoms with van der Waals surface area (Å²) in [5.41, 5.74) is 1.02. The molecule has 0 aliphatic heterocycles. The summed E-state index contributed by atoms with van der Waals surface area (Å²) in [5, 5.41) is 2.61. The van der Waals surface area contributed by atoms with Crippen LogP contribution in [-0.2, 0) is 0 Å². The Hall–Kier alpha value is -0.340. The predicted octanol–water partition coefficient (Wildman–Crippen LogP) is 3.30. The molecule has 1 aromatic rings. The number of Topliss-reactive ketones (excluding diaryl/α,β-unsaturated/α-hetero) is 1. The molecule has 3 heteroatoms. The maximum absolute atomic E-state index is 11.6. The first-order chi connectivity index (χ1) is 5.70. The molecule has 0 saturated heterocycles. The molecule has 1 aliphatic rings. The fourth-order valence-corrected chi connectivity index (χ4v) is 2.43. The molecule has 0 N–H and O–H groups in total. The Morgan fingerprint density at radius 1 is 1.67 bits per heavy atom. The summed E-state index contributed by atoms with van der Waals surface area (Å²) >= 11 is 7.44. The molecule has 1 fully saturated rings. The van der Waals surface area contributed by atoms with Crippen molar-refractivity contribution in [3.63, 3.8) is 0 Å². The van der Waals surface area contributed by atoms with Gasteiger partial charge in [-0.25, -0.2) is 0 Å². The van der Waals surface area contributed by atoms with Crippen LogP contribution in [0.4, 0.5) is 0 Å². The summed E-state index contributed by atoms with van der Waals surface area (Å²) in [7, 11) is 0. The normalized spacial score (nSPS) is 16.5. The van der Waals surface area contributed by atoms with Crippen LogP contribution in [0.5, 0.6) is 0 Å². The highest BCUT2D eigenvalue weighted by Gasteiger charge is 2.32. The van der Waals surface area contributed by atoms with Crippen molar-refractivity contribution in [1.29, 1.82) is 0 Å². The smallest absolute Gasteiger partial charge is 0.177 e. The van der Waals surface area contributed by atoms with Crippen LogP contribution < -0.4 is 0 Å². The molecule has 0 amide bonds. The van der Waals surface area contributed by atoms with E-state index in [-0.39, 0.29) is 11.7 Å². The van der Waals surface area contributed by atoms with Gasteiger partial charge < -0.3 is 0 Å². The van der Waals surface area contributed by atoms with Crippen molar-refractivity contribution >= 4 is 28.7 Å². The van der Waals surface area contributed by atoms with Crippen LogP contribution in [0, 0.1) is 12.8 Å². The molecule has 1 saturated carbocycles. The van der Waals surface area contributed by atoms with Gasteiger partial charge in [0.05, 0.1) is 9.90 Å². The van der Waals surface area contributed by atoms with E-state index in [0.717, 1.165) is 23.3 Å². The lowest BCUT2D eigenvalue weighted by Gasteiger charge is -1.94. The van der Waals surface area contributed by atoms with Gasteiger partial charge in [-0.05, 0) is 30.7 Å². The zero-order valence-electron chi connectivity index (χ0n) is 6.76. The molecular weight excluding hydrogens is 192 g/mol. The summed E-state index contributed by atoms with van der Waals surface area (Å²) in [5.74, 6) is 0.527. The van der Waals surface area contributed by atoms with E-state index in [0.29, 0.717) is 5.02 Å². The number of aryl methyl sites for hydroxylation is 1. The minimum atomic E-state index is 0.248. The highest BCUT2D eigenvalue weighted by atomic mass is 35.5. The maximum atomic E-state index is 11.6. The zero-order valence-corrected chi connectivity index (χ0v) is 8.34. The lowest BCUT2D eigenvalue weighted by atomic mass is 10.2. The van der Waals surface area contributed by atoms with E-state index in [4.69, 9.17) is 11.6 Å². The lowest BCUT2D eigenvalue weighted by molar-refractivity contribution is 0.0971. The summed E-state index contributed by atoms with van der Waals surface area (Å²) in [6.07, 6.45) is 2.10. The van der Waals surface area contributed by atoms with Gasteiger partial charge in [0.25, 0.3) is 0 Å². The molecule has 0 bridgehead atoms. The number of hydrogen-bond acceptors (Lipinski definition) is 2. The molecule has 64 valence electrons. The number of halogens is 1. The van der Waals surface area contributed by atoms with Crippen molar-refractivity contribution in [2.75, 3.05) is 0 Å². The van der Waals surface area contributed by atoms with Crippen molar-refractivity contribution in [1.82, 2.24) is 0 Å². The molecular formula is C9H9ClOS. The lowest BCUT2D eigenvalue weighted by Crippen LogP contribution is -1.98. The SMILES string of the molecule is Cc1csc(C(=O)C2CC2)c1Cl. The minimum absolute atomic E-state index is 0.248. The molecule has 1 aromatic heterocycles. The number of carbonyl (C=O) groups is 1. The maximum Gasteiger partial charge on any atom is 0.177 e. The second-order valence-electron chi connectivity index (χ2n) is 3.20.